The molecule has 0 bridgehead atoms. The molecule has 0 aliphatic rings. The van der Waals surface area contributed by atoms with E-state index in [1.54, 1.807) is 0 Å². The van der Waals surface area contributed by atoms with E-state index < -0.39 is 0 Å². The van der Waals surface area contributed by atoms with Crippen LogP contribution in [0.4, 0.5) is 0 Å². The lowest BCUT2D eigenvalue weighted by molar-refractivity contribution is 0.203. The Morgan fingerprint density at radius 3 is 0.852 bits per heavy atom. The number of hydrogen-bond donors (Lipinski definition) is 2. The van der Waals surface area contributed by atoms with Gasteiger partial charge in [0.1, 0.15) is 0 Å². The minimum absolute atomic E-state index is 0.317. The van der Waals surface area contributed by atoms with E-state index in [0.717, 1.165) is 30.2 Å². The van der Waals surface area contributed by atoms with Crippen molar-refractivity contribution in [2.24, 2.45) is 52.6 Å². The average molecular weight is 390 g/mol. The summed E-state index contributed by atoms with van der Waals surface area (Å²) in [6.07, 6.45) is 0. The molecule has 0 aliphatic heterocycles. The first kappa shape index (κ1) is 34.4. The fourth-order valence-electron chi connectivity index (χ4n) is 0.483. The van der Waals surface area contributed by atoms with E-state index in [1.807, 2.05) is 6.92 Å². The van der Waals surface area contributed by atoms with Gasteiger partial charge >= 0.3 is 0 Å². The Morgan fingerprint density at radius 2 is 0.852 bits per heavy atom. The SMILES string of the molecule is CC(C)C(C)(C)C.CC(C)C(C)C.CC(C)C(C)CN.CC(C)C(C)CO. The lowest BCUT2D eigenvalue weighted by atomic mass is 9.84. The first-order valence-electron chi connectivity index (χ1n) is 11.3. The zero-order valence-corrected chi connectivity index (χ0v) is 22.0. The van der Waals surface area contributed by atoms with Crippen LogP contribution in [0, 0.1) is 46.8 Å². The third-order valence-electron chi connectivity index (χ3n) is 6.00. The third-order valence-corrected chi connectivity index (χ3v) is 6.00. The van der Waals surface area contributed by atoms with Gasteiger partial charge in [0.05, 0.1) is 0 Å². The molecule has 0 saturated heterocycles. The molecule has 0 aliphatic carbocycles. The fourth-order valence-corrected chi connectivity index (χ4v) is 0.483. The summed E-state index contributed by atoms with van der Waals surface area (Å²) in [7, 11) is 0. The van der Waals surface area contributed by atoms with Crippen LogP contribution in [0.15, 0.2) is 0 Å². The van der Waals surface area contributed by atoms with Gasteiger partial charge in [0, 0.05) is 6.61 Å². The second kappa shape index (κ2) is 19.2. The summed E-state index contributed by atoms with van der Waals surface area (Å²) in [5, 5.41) is 8.51. The standard InChI is InChI=1S/C7H16.C6H15N.C6H14O.C6H14/c1-6(2)7(3,4)5;2*1-5(2)6(3)4-7;1-5(2)6(3)4/h6H,1-5H3;5-6H,4,7H2,1-3H3;5-7H,4H2,1-3H3;5-6H,1-4H3. The van der Waals surface area contributed by atoms with E-state index in [1.165, 1.54) is 0 Å². The van der Waals surface area contributed by atoms with E-state index in [4.69, 9.17) is 10.8 Å². The predicted molar refractivity (Wildman–Crippen MR) is 128 cm³/mol. The number of nitrogens with two attached hydrogens (primary N) is 1. The molecule has 0 heterocycles. The summed E-state index contributed by atoms with van der Waals surface area (Å²) in [6.45, 7) is 34.2. The molecule has 0 spiro atoms. The van der Waals surface area contributed by atoms with E-state index in [-0.39, 0.29) is 0 Å². The fraction of sp³-hybridized carbons (Fsp3) is 1.00. The van der Waals surface area contributed by atoms with Crippen LogP contribution in [-0.2, 0) is 0 Å². The molecule has 0 saturated carbocycles. The molecule has 0 aromatic rings. The molecule has 2 heteroatoms. The molecule has 0 aromatic heterocycles. The van der Waals surface area contributed by atoms with E-state index in [9.17, 15) is 0 Å². The second-order valence-corrected chi connectivity index (χ2v) is 10.9. The Labute approximate surface area is 175 Å². The van der Waals surface area contributed by atoms with Crippen molar-refractivity contribution in [1.29, 1.82) is 0 Å². The van der Waals surface area contributed by atoms with E-state index >= 15 is 0 Å². The summed E-state index contributed by atoms with van der Waals surface area (Å²) in [6, 6.07) is 0. The lowest BCUT2D eigenvalue weighted by Gasteiger charge is -2.22. The molecule has 0 amide bonds. The van der Waals surface area contributed by atoms with Gasteiger partial charge in [0.25, 0.3) is 0 Å². The summed E-state index contributed by atoms with van der Waals surface area (Å²) < 4.78 is 0. The lowest BCUT2D eigenvalue weighted by Crippen LogP contribution is -2.15. The van der Waals surface area contributed by atoms with Crippen LogP contribution in [0.25, 0.3) is 0 Å². The molecule has 170 valence electrons. The maximum absolute atomic E-state index is 8.51. The number of aliphatic hydroxyl groups is 1. The Hall–Kier alpha value is -0.0800. The first-order valence-corrected chi connectivity index (χ1v) is 11.3. The quantitative estimate of drug-likeness (QED) is 0.511. The number of hydrogen-bond acceptors (Lipinski definition) is 2. The Balaban J connectivity index is -0.000000131. The van der Waals surface area contributed by atoms with Crippen molar-refractivity contribution < 1.29 is 5.11 Å². The van der Waals surface area contributed by atoms with Gasteiger partial charge in [-0.1, -0.05) is 104 Å². The highest BCUT2D eigenvalue weighted by Gasteiger charge is 2.13. The number of aliphatic hydroxyl groups excluding tert-OH is 1. The van der Waals surface area contributed by atoms with Crippen LogP contribution in [0.1, 0.15) is 104 Å². The molecule has 27 heavy (non-hydrogen) atoms. The van der Waals surface area contributed by atoms with Gasteiger partial charge in [0.2, 0.25) is 0 Å². The van der Waals surface area contributed by atoms with Crippen LogP contribution < -0.4 is 5.73 Å². The zero-order valence-electron chi connectivity index (χ0n) is 22.0. The van der Waals surface area contributed by atoms with Gasteiger partial charge in [0.15, 0.2) is 0 Å². The van der Waals surface area contributed by atoms with Gasteiger partial charge in [-0.25, -0.2) is 0 Å². The van der Waals surface area contributed by atoms with Gasteiger partial charge in [-0.15, -0.1) is 0 Å². The minimum atomic E-state index is 0.317. The summed E-state index contributed by atoms with van der Waals surface area (Å²) in [5.41, 5.74) is 5.87. The average Bonchev–Trinajstić information content (AvgIpc) is 2.53. The molecular formula is C25H59NO. The Bertz CT molecular complexity index is 255. The van der Waals surface area contributed by atoms with Crippen LogP contribution >= 0.6 is 0 Å². The molecule has 0 radical (unpaired) electrons. The van der Waals surface area contributed by atoms with Gasteiger partial charge < -0.3 is 10.8 Å². The second-order valence-electron chi connectivity index (χ2n) is 10.9. The van der Waals surface area contributed by atoms with Crippen molar-refractivity contribution >= 4 is 0 Å². The molecule has 2 unspecified atom stereocenters. The van der Waals surface area contributed by atoms with Crippen molar-refractivity contribution in [3.63, 3.8) is 0 Å². The Morgan fingerprint density at radius 1 is 0.593 bits per heavy atom. The maximum Gasteiger partial charge on any atom is 0.0459 e. The van der Waals surface area contributed by atoms with Crippen LogP contribution in [0.3, 0.4) is 0 Å². The molecule has 2 nitrogen and oxygen atoms in total. The molecule has 0 aromatic carbocycles. The van der Waals surface area contributed by atoms with Crippen molar-refractivity contribution in [2.75, 3.05) is 13.2 Å². The third kappa shape index (κ3) is 30.9. The Kier molecular flexibility index (Phi) is 24.5. The number of rotatable bonds is 5. The highest BCUT2D eigenvalue weighted by molar-refractivity contribution is 4.64. The first-order chi connectivity index (χ1) is 11.9. The normalized spacial score (nSPS) is 13.6. The van der Waals surface area contributed by atoms with E-state index in [2.05, 4.69) is 96.9 Å². The summed E-state index contributed by atoms with van der Waals surface area (Å²) in [4.78, 5) is 0. The zero-order chi connectivity index (χ0) is 23.0. The van der Waals surface area contributed by atoms with Crippen molar-refractivity contribution in [2.45, 2.75) is 104 Å². The van der Waals surface area contributed by atoms with Crippen molar-refractivity contribution in [3.05, 3.63) is 0 Å². The van der Waals surface area contributed by atoms with Crippen LogP contribution in [0.2, 0.25) is 0 Å². The topological polar surface area (TPSA) is 46.2 Å². The molecule has 3 N–H and O–H groups in total. The molecule has 0 rings (SSSR count). The van der Waals surface area contributed by atoms with Crippen molar-refractivity contribution in [3.8, 4) is 0 Å². The van der Waals surface area contributed by atoms with Crippen LogP contribution in [0.5, 0.6) is 0 Å². The molecule has 0 fully saturated rings. The largest absolute Gasteiger partial charge is 0.396 e. The van der Waals surface area contributed by atoms with Gasteiger partial charge in [-0.3, -0.25) is 0 Å². The van der Waals surface area contributed by atoms with E-state index in [0.29, 0.717) is 29.8 Å². The van der Waals surface area contributed by atoms with Gasteiger partial charge in [-0.2, -0.15) is 0 Å². The van der Waals surface area contributed by atoms with Gasteiger partial charge in [-0.05, 0) is 53.4 Å². The summed E-state index contributed by atoms with van der Waals surface area (Å²) in [5.74, 6) is 5.00. The maximum atomic E-state index is 8.51. The smallest absolute Gasteiger partial charge is 0.0459 e. The summed E-state index contributed by atoms with van der Waals surface area (Å²) >= 11 is 0. The highest BCUT2D eigenvalue weighted by atomic mass is 16.3. The van der Waals surface area contributed by atoms with Crippen LogP contribution in [-0.4, -0.2) is 18.3 Å². The molecule has 2 atom stereocenters. The monoisotopic (exact) mass is 389 g/mol. The minimum Gasteiger partial charge on any atom is -0.396 e. The molecular weight excluding hydrogens is 330 g/mol. The predicted octanol–water partition coefficient (Wildman–Crippen LogP) is 7.49. The highest BCUT2D eigenvalue weighted by Crippen LogP contribution is 2.23. The van der Waals surface area contributed by atoms with Crippen molar-refractivity contribution in [1.82, 2.24) is 0 Å².